The minimum absolute atomic E-state index is 0.279. The number of aromatic nitrogens is 1. The predicted octanol–water partition coefficient (Wildman–Crippen LogP) is 4.78. The smallest absolute Gasteiger partial charge is 0.291 e. The van der Waals surface area contributed by atoms with Gasteiger partial charge in [-0.2, -0.15) is 0 Å². The van der Waals surface area contributed by atoms with Crippen molar-refractivity contribution in [2.45, 2.75) is 19.9 Å². The zero-order valence-electron chi connectivity index (χ0n) is 21.0. The van der Waals surface area contributed by atoms with Crippen molar-refractivity contribution >= 4 is 28.3 Å². The number of nitrogens with one attached hydrogen (secondary N) is 2. The van der Waals surface area contributed by atoms with E-state index in [1.807, 2.05) is 67.7 Å². The lowest BCUT2D eigenvalue weighted by Crippen LogP contribution is -2.36. The van der Waals surface area contributed by atoms with Crippen molar-refractivity contribution < 1.29 is 18.7 Å². The lowest BCUT2D eigenvalue weighted by atomic mass is 10.1. The molecule has 1 saturated heterocycles. The maximum absolute atomic E-state index is 13.1. The number of pyridine rings is 1. The van der Waals surface area contributed by atoms with Crippen LogP contribution in [0.2, 0.25) is 0 Å². The quantitative estimate of drug-likeness (QED) is 0.303. The van der Waals surface area contributed by atoms with Crippen LogP contribution in [0.25, 0.3) is 11.0 Å². The number of aryl methyl sites for hydroxylation is 1. The van der Waals surface area contributed by atoms with Gasteiger partial charge in [0.25, 0.3) is 5.91 Å². The summed E-state index contributed by atoms with van der Waals surface area (Å²) in [7, 11) is 0. The first-order valence-corrected chi connectivity index (χ1v) is 12.7. The third kappa shape index (κ3) is 6.10. The van der Waals surface area contributed by atoms with Gasteiger partial charge in [-0.1, -0.05) is 12.1 Å². The van der Waals surface area contributed by atoms with Gasteiger partial charge in [0, 0.05) is 49.0 Å². The molecule has 1 aliphatic rings. The molecular formula is C29H32N4O4. The normalized spacial score (nSPS) is 13.6. The molecular weight excluding hydrogens is 468 g/mol. The second-order valence-corrected chi connectivity index (χ2v) is 9.03. The van der Waals surface area contributed by atoms with E-state index in [-0.39, 0.29) is 5.91 Å². The zero-order valence-corrected chi connectivity index (χ0v) is 21.0. The van der Waals surface area contributed by atoms with Crippen LogP contribution < -0.4 is 20.3 Å². The molecule has 0 aliphatic carbocycles. The Balaban J connectivity index is 1.18. The zero-order chi connectivity index (χ0) is 25.5. The molecule has 1 aliphatic heterocycles. The standard InChI is InChI=1S/C29H32N4O4/c1-21-27-25(36-16-4-13-31-20-22-5-3-12-30-19-22)6-2-7-26(27)37-28(21)29(34)32-23-8-10-24(11-9-23)33-14-17-35-18-15-33/h2-3,5-12,19,31H,4,13-18,20H2,1H3,(H,32,34). The topological polar surface area (TPSA) is 88.9 Å². The number of nitrogens with zero attached hydrogens (tertiary/aromatic N) is 2. The number of amides is 1. The van der Waals surface area contributed by atoms with Gasteiger partial charge < -0.3 is 29.4 Å². The highest BCUT2D eigenvalue weighted by Gasteiger charge is 2.21. The van der Waals surface area contributed by atoms with Crippen molar-refractivity contribution in [3.05, 3.63) is 83.9 Å². The van der Waals surface area contributed by atoms with Crippen LogP contribution >= 0.6 is 0 Å². The number of morpholine rings is 1. The first kappa shape index (κ1) is 24.8. The van der Waals surface area contributed by atoms with Crippen LogP contribution in [-0.4, -0.2) is 50.3 Å². The Morgan fingerprint density at radius 2 is 1.92 bits per heavy atom. The number of hydrogen-bond donors (Lipinski definition) is 2. The number of fused-ring (bicyclic) bond motifs is 1. The van der Waals surface area contributed by atoms with Crippen molar-refractivity contribution in [3.8, 4) is 5.75 Å². The fraction of sp³-hybridized carbons (Fsp3) is 0.310. The van der Waals surface area contributed by atoms with Crippen LogP contribution in [0, 0.1) is 6.92 Å². The van der Waals surface area contributed by atoms with E-state index in [2.05, 4.69) is 20.5 Å². The van der Waals surface area contributed by atoms with Gasteiger partial charge in [0.15, 0.2) is 5.76 Å². The Morgan fingerprint density at radius 3 is 2.70 bits per heavy atom. The molecule has 192 valence electrons. The summed E-state index contributed by atoms with van der Waals surface area (Å²) in [5.41, 5.74) is 4.40. The summed E-state index contributed by atoms with van der Waals surface area (Å²) >= 11 is 0. The number of anilines is 2. The van der Waals surface area contributed by atoms with E-state index in [1.54, 1.807) is 6.20 Å². The number of furan rings is 1. The molecule has 8 nitrogen and oxygen atoms in total. The summed E-state index contributed by atoms with van der Waals surface area (Å²) in [6, 6.07) is 17.5. The monoisotopic (exact) mass is 500 g/mol. The average Bonchev–Trinajstić information content (AvgIpc) is 3.29. The number of benzene rings is 2. The summed E-state index contributed by atoms with van der Waals surface area (Å²) in [6.07, 6.45) is 4.48. The fourth-order valence-corrected chi connectivity index (χ4v) is 4.48. The first-order chi connectivity index (χ1) is 18.2. The molecule has 1 fully saturated rings. The molecule has 0 spiro atoms. The van der Waals surface area contributed by atoms with Gasteiger partial charge >= 0.3 is 0 Å². The van der Waals surface area contributed by atoms with Crippen LogP contribution in [-0.2, 0) is 11.3 Å². The highest BCUT2D eigenvalue weighted by molar-refractivity contribution is 6.07. The van der Waals surface area contributed by atoms with Crippen LogP contribution in [0.15, 0.2) is 71.4 Å². The molecule has 2 aromatic carbocycles. The maximum Gasteiger partial charge on any atom is 0.291 e. The summed E-state index contributed by atoms with van der Waals surface area (Å²) in [6.45, 7) is 7.26. The van der Waals surface area contributed by atoms with Crippen molar-refractivity contribution in [2.75, 3.05) is 49.7 Å². The van der Waals surface area contributed by atoms with Crippen molar-refractivity contribution in [2.24, 2.45) is 0 Å². The van der Waals surface area contributed by atoms with Crippen molar-refractivity contribution in [1.29, 1.82) is 0 Å². The van der Waals surface area contributed by atoms with E-state index in [0.717, 1.165) is 79.5 Å². The third-order valence-electron chi connectivity index (χ3n) is 6.43. The number of carbonyl (C=O) groups is 1. The molecule has 0 atom stereocenters. The molecule has 0 saturated carbocycles. The van der Waals surface area contributed by atoms with E-state index in [9.17, 15) is 4.79 Å². The largest absolute Gasteiger partial charge is 0.493 e. The molecule has 4 aromatic rings. The lowest BCUT2D eigenvalue weighted by molar-refractivity contribution is 0.0998. The molecule has 5 rings (SSSR count). The molecule has 0 unspecified atom stereocenters. The number of ether oxygens (including phenoxy) is 2. The van der Waals surface area contributed by atoms with Gasteiger partial charge in [-0.15, -0.1) is 0 Å². The maximum atomic E-state index is 13.1. The van der Waals surface area contributed by atoms with Crippen molar-refractivity contribution in [3.63, 3.8) is 0 Å². The van der Waals surface area contributed by atoms with Gasteiger partial charge in [-0.05, 0) is 67.9 Å². The molecule has 8 heteroatoms. The molecule has 3 heterocycles. The van der Waals surface area contributed by atoms with Gasteiger partial charge in [-0.3, -0.25) is 9.78 Å². The first-order valence-electron chi connectivity index (χ1n) is 12.7. The highest BCUT2D eigenvalue weighted by Crippen LogP contribution is 2.33. The minimum atomic E-state index is -0.279. The predicted molar refractivity (Wildman–Crippen MR) is 144 cm³/mol. The van der Waals surface area contributed by atoms with Crippen LogP contribution in [0.3, 0.4) is 0 Å². The Bertz CT molecular complexity index is 1320. The SMILES string of the molecule is Cc1c(C(=O)Nc2ccc(N3CCOCC3)cc2)oc2cccc(OCCCNCc3cccnc3)c12. The molecule has 2 aromatic heterocycles. The van der Waals surface area contributed by atoms with E-state index < -0.39 is 0 Å². The number of hydrogen-bond acceptors (Lipinski definition) is 7. The summed E-state index contributed by atoms with van der Waals surface area (Å²) in [5, 5.41) is 7.19. The van der Waals surface area contributed by atoms with E-state index in [4.69, 9.17) is 13.9 Å². The van der Waals surface area contributed by atoms with Crippen LogP contribution in [0.4, 0.5) is 11.4 Å². The van der Waals surface area contributed by atoms with E-state index >= 15 is 0 Å². The number of carbonyl (C=O) groups excluding carboxylic acids is 1. The summed E-state index contributed by atoms with van der Waals surface area (Å²) in [5.74, 6) is 0.736. The second kappa shape index (κ2) is 11.9. The summed E-state index contributed by atoms with van der Waals surface area (Å²) in [4.78, 5) is 19.5. The summed E-state index contributed by atoms with van der Waals surface area (Å²) < 4.78 is 17.5. The molecule has 1 amide bonds. The minimum Gasteiger partial charge on any atom is -0.493 e. The lowest BCUT2D eigenvalue weighted by Gasteiger charge is -2.28. The molecule has 0 radical (unpaired) electrons. The van der Waals surface area contributed by atoms with E-state index in [1.165, 1.54) is 0 Å². The molecule has 0 bridgehead atoms. The Morgan fingerprint density at radius 1 is 1.08 bits per heavy atom. The van der Waals surface area contributed by atoms with E-state index in [0.29, 0.717) is 18.0 Å². The second-order valence-electron chi connectivity index (χ2n) is 9.03. The Hall–Kier alpha value is -3.88. The van der Waals surface area contributed by atoms with Gasteiger partial charge in [0.2, 0.25) is 0 Å². The van der Waals surface area contributed by atoms with Crippen LogP contribution in [0.1, 0.15) is 28.1 Å². The third-order valence-corrected chi connectivity index (χ3v) is 6.43. The van der Waals surface area contributed by atoms with Gasteiger partial charge in [-0.25, -0.2) is 0 Å². The molecule has 2 N–H and O–H groups in total. The molecule has 37 heavy (non-hydrogen) atoms. The van der Waals surface area contributed by atoms with Crippen LogP contribution in [0.5, 0.6) is 5.75 Å². The van der Waals surface area contributed by atoms with Gasteiger partial charge in [0.1, 0.15) is 11.3 Å². The number of rotatable bonds is 10. The van der Waals surface area contributed by atoms with Gasteiger partial charge in [0.05, 0.1) is 25.2 Å². The highest BCUT2D eigenvalue weighted by atomic mass is 16.5. The average molecular weight is 501 g/mol. The van der Waals surface area contributed by atoms with Crippen molar-refractivity contribution in [1.82, 2.24) is 10.3 Å². The Kier molecular flexibility index (Phi) is 7.98. The fourth-order valence-electron chi connectivity index (χ4n) is 4.48. The Labute approximate surface area is 216 Å².